The summed E-state index contributed by atoms with van der Waals surface area (Å²) in [6.45, 7) is 40.8. The highest BCUT2D eigenvalue weighted by Crippen LogP contribution is 2.49. The lowest BCUT2D eigenvalue weighted by molar-refractivity contribution is 0.247. The zero-order valence-corrected chi connectivity index (χ0v) is 29.5. The van der Waals surface area contributed by atoms with Gasteiger partial charge < -0.3 is 0 Å². The van der Waals surface area contributed by atoms with Crippen LogP contribution < -0.4 is 0 Å². The van der Waals surface area contributed by atoms with E-state index in [1.807, 2.05) is 13.8 Å². The first-order valence-electron chi connectivity index (χ1n) is 17.4. The third kappa shape index (κ3) is 10.7. The molecular weight excluding hydrogens is 480 g/mol. The fourth-order valence-electron chi connectivity index (χ4n) is 7.62. The Labute approximate surface area is 253 Å². The molecular formula is C40H72. The van der Waals surface area contributed by atoms with E-state index in [2.05, 4.69) is 89.0 Å². The van der Waals surface area contributed by atoms with Crippen molar-refractivity contribution in [3.63, 3.8) is 0 Å². The van der Waals surface area contributed by atoms with Gasteiger partial charge in [0.15, 0.2) is 0 Å². The van der Waals surface area contributed by atoms with Crippen molar-refractivity contribution < 1.29 is 0 Å². The molecule has 40 heavy (non-hydrogen) atoms. The molecule has 232 valence electrons. The van der Waals surface area contributed by atoms with Crippen molar-refractivity contribution in [1.29, 1.82) is 0 Å². The molecule has 0 aromatic heterocycles. The molecule has 0 heterocycles. The fourth-order valence-corrected chi connectivity index (χ4v) is 7.62. The van der Waals surface area contributed by atoms with Crippen molar-refractivity contribution in [2.75, 3.05) is 0 Å². The lowest BCUT2D eigenvalue weighted by Crippen LogP contribution is -2.27. The van der Waals surface area contributed by atoms with Gasteiger partial charge in [-0.15, -0.1) is 0 Å². The Morgan fingerprint density at radius 2 is 1.55 bits per heavy atom. The molecule has 0 bridgehead atoms. The first-order valence-corrected chi connectivity index (χ1v) is 17.4. The number of allylic oxidation sites excluding steroid dienone is 5. The summed E-state index contributed by atoms with van der Waals surface area (Å²) in [4.78, 5) is 0. The van der Waals surface area contributed by atoms with Crippen molar-refractivity contribution in [3.05, 3.63) is 47.6 Å². The molecule has 0 amide bonds. The molecule has 0 heteroatoms. The van der Waals surface area contributed by atoms with Crippen molar-refractivity contribution in [2.24, 2.45) is 52.8 Å². The van der Waals surface area contributed by atoms with Crippen LogP contribution in [0.4, 0.5) is 0 Å². The van der Waals surface area contributed by atoms with E-state index in [0.717, 1.165) is 48.3 Å². The van der Waals surface area contributed by atoms with Gasteiger partial charge in [-0.25, -0.2) is 0 Å². The summed E-state index contributed by atoms with van der Waals surface area (Å²) < 4.78 is 0. The summed E-state index contributed by atoms with van der Waals surface area (Å²) in [5, 5.41) is 0. The van der Waals surface area contributed by atoms with Crippen molar-refractivity contribution in [1.82, 2.24) is 0 Å². The predicted octanol–water partition coefficient (Wildman–Crippen LogP) is 13.4. The van der Waals surface area contributed by atoms with Crippen LogP contribution in [0.2, 0.25) is 0 Å². The maximum Gasteiger partial charge on any atom is -0.0117 e. The second-order valence-corrected chi connectivity index (χ2v) is 15.2. The summed E-state index contributed by atoms with van der Waals surface area (Å²) in [7, 11) is 0. The Hall–Kier alpha value is -1.04. The van der Waals surface area contributed by atoms with Gasteiger partial charge in [0.25, 0.3) is 0 Å². The van der Waals surface area contributed by atoms with Crippen molar-refractivity contribution >= 4 is 0 Å². The lowest BCUT2D eigenvalue weighted by Gasteiger charge is -2.40. The third-order valence-corrected chi connectivity index (χ3v) is 11.0. The van der Waals surface area contributed by atoms with Crippen LogP contribution in [0.25, 0.3) is 0 Å². The van der Waals surface area contributed by atoms with E-state index in [1.165, 1.54) is 80.1 Å². The second kappa shape index (κ2) is 17.2. The van der Waals surface area contributed by atoms with Gasteiger partial charge in [0.2, 0.25) is 0 Å². The number of hydrogen-bond acceptors (Lipinski definition) is 0. The highest BCUT2D eigenvalue weighted by Gasteiger charge is 2.38. The van der Waals surface area contributed by atoms with Gasteiger partial charge >= 0.3 is 0 Å². The van der Waals surface area contributed by atoms with Gasteiger partial charge in [0.05, 0.1) is 0 Å². The number of hydrogen-bond donors (Lipinski definition) is 0. The topological polar surface area (TPSA) is 0 Å². The molecule has 3 aliphatic carbocycles. The minimum absolute atomic E-state index is 0.274. The van der Waals surface area contributed by atoms with Gasteiger partial charge in [0, 0.05) is 0 Å². The van der Waals surface area contributed by atoms with Crippen LogP contribution in [-0.4, -0.2) is 0 Å². The molecule has 0 aliphatic heterocycles. The minimum atomic E-state index is 0.274. The van der Waals surface area contributed by atoms with Gasteiger partial charge in [-0.1, -0.05) is 132 Å². The molecule has 0 aromatic rings. The molecule has 3 aliphatic rings. The molecule has 0 aromatic carbocycles. The van der Waals surface area contributed by atoms with Crippen LogP contribution in [0.1, 0.15) is 154 Å². The maximum atomic E-state index is 4.68. The Bertz CT molecular complexity index is 829. The SMILES string of the molecule is C=C(CC)C[C@H](C(=C)C1C[C@H](C[C@@H](C)CCC(C)CC)C[C@H]1C)C(C)(C)C.C=C1C(C)=C2CCC2CC1C.CC. The third-order valence-electron chi connectivity index (χ3n) is 11.0. The summed E-state index contributed by atoms with van der Waals surface area (Å²) in [5.74, 6) is 6.43. The van der Waals surface area contributed by atoms with Crippen molar-refractivity contribution in [3.8, 4) is 0 Å². The zero-order chi connectivity index (χ0) is 30.8. The Balaban J connectivity index is 0.000000503. The highest BCUT2D eigenvalue weighted by atomic mass is 14.4. The first-order chi connectivity index (χ1) is 18.7. The van der Waals surface area contributed by atoms with E-state index in [0.29, 0.717) is 11.8 Å². The smallest absolute Gasteiger partial charge is 0.0117 e. The van der Waals surface area contributed by atoms with Crippen LogP contribution >= 0.6 is 0 Å². The molecule has 0 spiro atoms. The molecule has 8 atom stereocenters. The standard InChI is InChI=1S/C27H50.C11H16.C2H6/c1-11-19(3)13-14-21(5)15-24-17-22(6)25(18-24)23(7)26(27(8,9)10)16-20(4)12-2;1-7-6-10-4-5-11(10)9(3)8(7)2;1-2/h19,21-22,24-26H,4,7,11-18H2,1-3,5-6,8-10H3;7,10H,2,4-6H2,1,3H3;1-2H3/t19?,21-,22+,24+,25?,26+;;/m0../s1. The van der Waals surface area contributed by atoms with Crippen LogP contribution in [0, 0.1) is 52.8 Å². The van der Waals surface area contributed by atoms with E-state index < -0.39 is 0 Å². The largest absolute Gasteiger partial charge is 0.0998 e. The van der Waals surface area contributed by atoms with Crippen LogP contribution in [0.15, 0.2) is 47.6 Å². The summed E-state index contributed by atoms with van der Waals surface area (Å²) in [6, 6.07) is 0. The molecule has 2 fully saturated rings. The monoisotopic (exact) mass is 553 g/mol. The molecule has 0 N–H and O–H groups in total. The van der Waals surface area contributed by atoms with Gasteiger partial charge in [-0.05, 0) is 122 Å². The Morgan fingerprint density at radius 1 is 0.950 bits per heavy atom. The second-order valence-electron chi connectivity index (χ2n) is 15.2. The Morgan fingerprint density at radius 3 is 2.05 bits per heavy atom. The Kier molecular flexibility index (Phi) is 15.9. The quantitative estimate of drug-likeness (QED) is 0.224. The molecule has 2 saturated carbocycles. The van der Waals surface area contributed by atoms with Gasteiger partial charge in [-0.3, -0.25) is 0 Å². The fraction of sp³-hybridized carbons (Fsp3) is 0.800. The van der Waals surface area contributed by atoms with Crippen LogP contribution in [0.5, 0.6) is 0 Å². The molecule has 0 nitrogen and oxygen atoms in total. The van der Waals surface area contributed by atoms with Crippen molar-refractivity contribution in [2.45, 2.75) is 154 Å². The molecule has 0 saturated heterocycles. The van der Waals surface area contributed by atoms with Gasteiger partial charge in [0.1, 0.15) is 0 Å². The van der Waals surface area contributed by atoms with E-state index in [1.54, 1.807) is 5.57 Å². The molecule has 3 rings (SSSR count). The summed E-state index contributed by atoms with van der Waals surface area (Å²) >= 11 is 0. The summed E-state index contributed by atoms with van der Waals surface area (Å²) in [6.07, 6.45) is 14.7. The van der Waals surface area contributed by atoms with E-state index in [9.17, 15) is 0 Å². The first kappa shape index (κ1) is 37.0. The number of fused-ring (bicyclic) bond motifs is 1. The van der Waals surface area contributed by atoms with E-state index >= 15 is 0 Å². The van der Waals surface area contributed by atoms with Gasteiger partial charge in [-0.2, -0.15) is 0 Å². The maximum absolute atomic E-state index is 4.68. The zero-order valence-electron chi connectivity index (χ0n) is 29.5. The molecule has 4 unspecified atom stereocenters. The predicted molar refractivity (Wildman–Crippen MR) is 184 cm³/mol. The highest BCUT2D eigenvalue weighted by molar-refractivity contribution is 5.40. The van der Waals surface area contributed by atoms with E-state index in [4.69, 9.17) is 0 Å². The average Bonchev–Trinajstić information content (AvgIpc) is 3.26. The number of rotatable bonds is 11. The lowest BCUT2D eigenvalue weighted by atomic mass is 9.65. The van der Waals surface area contributed by atoms with Crippen LogP contribution in [0.3, 0.4) is 0 Å². The normalized spacial score (nSPS) is 28.2. The molecule has 0 radical (unpaired) electrons. The summed E-state index contributed by atoms with van der Waals surface area (Å²) in [5.41, 5.74) is 7.83. The van der Waals surface area contributed by atoms with Crippen LogP contribution in [-0.2, 0) is 0 Å². The minimum Gasteiger partial charge on any atom is -0.0998 e. The average molecular weight is 553 g/mol. The van der Waals surface area contributed by atoms with E-state index in [-0.39, 0.29) is 5.41 Å².